The Labute approximate surface area is 157 Å². The van der Waals surface area contributed by atoms with Gasteiger partial charge in [0.1, 0.15) is 11.9 Å². The largest absolute Gasteiger partial charge is 0.347 e. The summed E-state index contributed by atoms with van der Waals surface area (Å²) in [7, 11) is 3.52. The summed E-state index contributed by atoms with van der Waals surface area (Å²) in [4.78, 5) is 32.7. The van der Waals surface area contributed by atoms with Gasteiger partial charge in [0.2, 0.25) is 5.91 Å². The third kappa shape index (κ3) is 3.96. The number of hydrogen-bond acceptors (Lipinski definition) is 4. The van der Waals surface area contributed by atoms with Crippen LogP contribution in [-0.2, 0) is 4.79 Å². The van der Waals surface area contributed by atoms with Crippen LogP contribution in [0.5, 0.6) is 0 Å². The molecule has 0 aliphatic carbocycles. The molecule has 0 radical (unpaired) electrons. The van der Waals surface area contributed by atoms with Crippen molar-refractivity contribution in [3.8, 4) is 0 Å². The molecular weight excluding hydrogens is 352 g/mol. The number of halogens is 1. The predicted molar refractivity (Wildman–Crippen MR) is 103 cm³/mol. The van der Waals surface area contributed by atoms with E-state index in [1.807, 2.05) is 4.90 Å². The van der Waals surface area contributed by atoms with E-state index in [4.69, 9.17) is 11.6 Å². The maximum Gasteiger partial charge on any atom is 0.257 e. The van der Waals surface area contributed by atoms with Crippen molar-refractivity contribution in [2.45, 2.75) is 18.9 Å². The molecule has 1 fully saturated rings. The number of benzene rings is 1. The summed E-state index contributed by atoms with van der Waals surface area (Å²) in [5.74, 6) is 0.530. The molecule has 1 N–H and O–H groups in total. The number of carbonyl (C=O) groups excluding carboxylic acids is 2. The quantitative estimate of drug-likeness (QED) is 0.895. The molecule has 2 amide bonds. The van der Waals surface area contributed by atoms with Crippen molar-refractivity contribution < 1.29 is 9.59 Å². The summed E-state index contributed by atoms with van der Waals surface area (Å²) in [5.41, 5.74) is 1.08. The number of anilines is 2. The molecular formula is C19H21ClN4O2. The van der Waals surface area contributed by atoms with E-state index >= 15 is 0 Å². The molecule has 2 heterocycles. The highest BCUT2D eigenvalue weighted by atomic mass is 35.5. The summed E-state index contributed by atoms with van der Waals surface area (Å²) in [6.07, 6.45) is 3.29. The highest BCUT2D eigenvalue weighted by molar-refractivity contribution is 6.30. The van der Waals surface area contributed by atoms with Gasteiger partial charge in [-0.1, -0.05) is 17.7 Å². The Morgan fingerprint density at radius 3 is 2.73 bits per heavy atom. The fourth-order valence-electron chi connectivity index (χ4n) is 3.06. The monoisotopic (exact) mass is 372 g/mol. The smallest absolute Gasteiger partial charge is 0.257 e. The Hall–Kier alpha value is -2.60. The Bertz CT molecular complexity index is 807. The van der Waals surface area contributed by atoms with E-state index < -0.39 is 0 Å². The molecule has 1 aliphatic heterocycles. The lowest BCUT2D eigenvalue weighted by Crippen LogP contribution is -2.43. The highest BCUT2D eigenvalue weighted by Crippen LogP contribution is 2.25. The first-order chi connectivity index (χ1) is 12.5. The number of likely N-dealkylation sites (N-methyl/N-ethyl adjacent to an activating group) is 1. The number of pyridine rings is 1. The van der Waals surface area contributed by atoms with Gasteiger partial charge in [-0.2, -0.15) is 0 Å². The zero-order valence-electron chi connectivity index (χ0n) is 14.8. The third-order valence-electron chi connectivity index (χ3n) is 4.37. The molecule has 1 saturated heterocycles. The zero-order valence-corrected chi connectivity index (χ0v) is 15.5. The van der Waals surface area contributed by atoms with E-state index in [1.165, 1.54) is 6.20 Å². The molecule has 26 heavy (non-hydrogen) atoms. The van der Waals surface area contributed by atoms with Gasteiger partial charge in [-0.3, -0.25) is 9.59 Å². The van der Waals surface area contributed by atoms with Gasteiger partial charge in [0.05, 0.1) is 5.56 Å². The summed E-state index contributed by atoms with van der Waals surface area (Å²) in [5, 5.41) is 3.35. The minimum absolute atomic E-state index is 0.0760. The molecule has 1 unspecified atom stereocenters. The van der Waals surface area contributed by atoms with Crippen LogP contribution in [0.2, 0.25) is 5.02 Å². The van der Waals surface area contributed by atoms with Gasteiger partial charge in [0.25, 0.3) is 5.91 Å². The van der Waals surface area contributed by atoms with Crippen LogP contribution in [0.1, 0.15) is 23.2 Å². The Kier molecular flexibility index (Phi) is 5.42. The summed E-state index contributed by atoms with van der Waals surface area (Å²) in [6, 6.07) is 10.3. The maximum absolute atomic E-state index is 12.4. The first-order valence-corrected chi connectivity index (χ1v) is 8.84. The van der Waals surface area contributed by atoms with Crippen LogP contribution in [-0.4, -0.2) is 48.4 Å². The van der Waals surface area contributed by atoms with Crippen molar-refractivity contribution >= 4 is 34.9 Å². The molecule has 1 aromatic heterocycles. The molecule has 1 aliphatic rings. The van der Waals surface area contributed by atoms with Gasteiger partial charge in [0.15, 0.2) is 0 Å². The van der Waals surface area contributed by atoms with Gasteiger partial charge >= 0.3 is 0 Å². The van der Waals surface area contributed by atoms with Crippen molar-refractivity contribution in [3.05, 3.63) is 53.2 Å². The van der Waals surface area contributed by atoms with Crippen LogP contribution >= 0.6 is 11.6 Å². The maximum atomic E-state index is 12.4. The summed E-state index contributed by atoms with van der Waals surface area (Å²) in [6.45, 7) is 0.783. The second-order valence-electron chi connectivity index (χ2n) is 6.45. The molecule has 1 aromatic carbocycles. The van der Waals surface area contributed by atoms with E-state index in [9.17, 15) is 9.59 Å². The van der Waals surface area contributed by atoms with Gasteiger partial charge < -0.3 is 15.1 Å². The normalized spacial score (nSPS) is 16.4. The number of amides is 2. The molecule has 0 bridgehead atoms. The Morgan fingerprint density at radius 2 is 2.08 bits per heavy atom. The SMILES string of the molecule is CN(C)C(=O)C1CCCN1c1ccc(C(=O)Nc2cccc(Cl)c2)cn1. The van der Waals surface area contributed by atoms with Crippen LogP contribution in [0.4, 0.5) is 11.5 Å². The van der Waals surface area contributed by atoms with Crippen LogP contribution < -0.4 is 10.2 Å². The van der Waals surface area contributed by atoms with Gasteiger partial charge in [-0.25, -0.2) is 4.98 Å². The number of hydrogen-bond donors (Lipinski definition) is 1. The topological polar surface area (TPSA) is 65.5 Å². The van der Waals surface area contributed by atoms with E-state index in [0.717, 1.165) is 19.4 Å². The van der Waals surface area contributed by atoms with Gasteiger partial charge in [-0.15, -0.1) is 0 Å². The van der Waals surface area contributed by atoms with Crippen LogP contribution in [0.15, 0.2) is 42.6 Å². The van der Waals surface area contributed by atoms with Crippen molar-refractivity contribution in [1.82, 2.24) is 9.88 Å². The highest BCUT2D eigenvalue weighted by Gasteiger charge is 2.32. The molecule has 136 valence electrons. The molecule has 6 nitrogen and oxygen atoms in total. The average Bonchev–Trinajstić information content (AvgIpc) is 3.10. The van der Waals surface area contributed by atoms with Crippen molar-refractivity contribution in [2.75, 3.05) is 30.9 Å². The molecule has 0 saturated carbocycles. The van der Waals surface area contributed by atoms with Crippen molar-refractivity contribution in [3.63, 3.8) is 0 Å². The van der Waals surface area contributed by atoms with E-state index in [-0.39, 0.29) is 17.9 Å². The van der Waals surface area contributed by atoms with E-state index in [0.29, 0.717) is 22.1 Å². The molecule has 3 rings (SSSR count). The zero-order chi connectivity index (χ0) is 18.7. The standard InChI is InChI=1S/C19H21ClN4O2/c1-23(2)19(26)16-7-4-10-24(16)17-9-8-13(12-21-17)18(25)22-15-6-3-5-14(20)11-15/h3,5-6,8-9,11-12,16H,4,7,10H2,1-2H3,(H,22,25). The van der Waals surface area contributed by atoms with Crippen LogP contribution in [0.25, 0.3) is 0 Å². The van der Waals surface area contributed by atoms with Gasteiger partial charge in [-0.05, 0) is 43.2 Å². The summed E-state index contributed by atoms with van der Waals surface area (Å²) < 4.78 is 0. The first kappa shape index (κ1) is 18.2. The van der Waals surface area contributed by atoms with Gasteiger partial charge in [0, 0.05) is 37.5 Å². The van der Waals surface area contributed by atoms with Crippen LogP contribution in [0, 0.1) is 0 Å². The summed E-state index contributed by atoms with van der Waals surface area (Å²) >= 11 is 5.93. The minimum Gasteiger partial charge on any atom is -0.347 e. The van der Waals surface area contributed by atoms with Crippen molar-refractivity contribution in [2.24, 2.45) is 0 Å². The lowest BCUT2D eigenvalue weighted by atomic mass is 10.2. The molecule has 0 spiro atoms. The average molecular weight is 373 g/mol. The molecule has 2 aromatic rings. The predicted octanol–water partition coefficient (Wildman–Crippen LogP) is 3.04. The van der Waals surface area contributed by atoms with Crippen molar-refractivity contribution in [1.29, 1.82) is 0 Å². The number of nitrogens with zero attached hydrogens (tertiary/aromatic N) is 3. The van der Waals surface area contributed by atoms with E-state index in [2.05, 4.69) is 10.3 Å². The Balaban J connectivity index is 1.72. The fourth-order valence-corrected chi connectivity index (χ4v) is 3.25. The Morgan fingerprint density at radius 1 is 1.27 bits per heavy atom. The third-order valence-corrected chi connectivity index (χ3v) is 4.60. The number of aromatic nitrogens is 1. The lowest BCUT2D eigenvalue weighted by Gasteiger charge is -2.27. The second kappa shape index (κ2) is 7.74. The number of nitrogens with one attached hydrogen (secondary N) is 1. The fraction of sp³-hybridized carbons (Fsp3) is 0.316. The first-order valence-electron chi connectivity index (χ1n) is 8.46. The number of rotatable bonds is 4. The van der Waals surface area contributed by atoms with E-state index in [1.54, 1.807) is 55.4 Å². The van der Waals surface area contributed by atoms with Crippen LogP contribution in [0.3, 0.4) is 0 Å². The molecule has 7 heteroatoms. The number of carbonyl (C=O) groups is 2. The molecule has 1 atom stereocenters. The second-order valence-corrected chi connectivity index (χ2v) is 6.89. The minimum atomic E-state index is -0.256. The lowest BCUT2D eigenvalue weighted by molar-refractivity contribution is -0.129.